The summed E-state index contributed by atoms with van der Waals surface area (Å²) in [5.41, 5.74) is 0.556. The number of carbonyl (C=O) groups excluding carboxylic acids is 2. The average Bonchev–Trinajstić information content (AvgIpc) is 2.90. The van der Waals surface area contributed by atoms with Crippen molar-refractivity contribution < 1.29 is 9.59 Å². The maximum atomic E-state index is 12.6. The van der Waals surface area contributed by atoms with Crippen LogP contribution in [0.4, 0.5) is 5.69 Å². The lowest BCUT2D eigenvalue weighted by atomic mass is 10.1. The van der Waals surface area contributed by atoms with E-state index in [1.807, 2.05) is 63.2 Å². The van der Waals surface area contributed by atoms with Gasteiger partial charge in [-0.15, -0.1) is 0 Å². The lowest BCUT2D eigenvalue weighted by Crippen LogP contribution is -2.42. The Labute approximate surface area is 136 Å². The molecule has 2 amide bonds. The highest BCUT2D eigenvalue weighted by Gasteiger charge is 2.39. The number of rotatable bonds is 2. The van der Waals surface area contributed by atoms with Gasteiger partial charge in [0.15, 0.2) is 0 Å². The maximum absolute atomic E-state index is 12.6. The minimum atomic E-state index is -0.291. The first-order valence-corrected chi connectivity index (χ1v) is 7.95. The molecule has 1 unspecified atom stereocenters. The molecule has 3 rings (SSSR count). The summed E-state index contributed by atoms with van der Waals surface area (Å²) >= 11 is 0. The van der Waals surface area contributed by atoms with Gasteiger partial charge in [-0.3, -0.25) is 9.59 Å². The Morgan fingerprint density at radius 3 is 2.52 bits per heavy atom. The first-order chi connectivity index (χ1) is 10.9. The molecule has 0 spiro atoms. The number of hydrogen-bond acceptors (Lipinski definition) is 2. The largest absolute Gasteiger partial charge is 0.337 e. The summed E-state index contributed by atoms with van der Waals surface area (Å²) in [6.45, 7) is 6.47. The number of fused-ring (bicyclic) bond motifs is 1. The molecule has 1 atom stereocenters. The van der Waals surface area contributed by atoms with Gasteiger partial charge in [-0.1, -0.05) is 36.4 Å². The van der Waals surface area contributed by atoms with Crippen molar-refractivity contribution in [2.24, 2.45) is 5.92 Å². The van der Waals surface area contributed by atoms with Gasteiger partial charge in [0, 0.05) is 29.6 Å². The zero-order valence-electron chi connectivity index (χ0n) is 13.8. The van der Waals surface area contributed by atoms with Crippen LogP contribution in [-0.4, -0.2) is 28.8 Å². The molecule has 4 heteroatoms. The van der Waals surface area contributed by atoms with Crippen molar-refractivity contribution in [1.82, 2.24) is 4.90 Å². The van der Waals surface area contributed by atoms with Crippen LogP contribution in [0.3, 0.4) is 0 Å². The average molecular weight is 310 g/mol. The summed E-state index contributed by atoms with van der Waals surface area (Å²) in [6, 6.07) is 13.8. The molecule has 4 nitrogen and oxygen atoms in total. The van der Waals surface area contributed by atoms with Gasteiger partial charge >= 0.3 is 0 Å². The monoisotopic (exact) mass is 310 g/mol. The number of nitrogens with zero attached hydrogens (tertiary/aromatic N) is 1. The van der Waals surface area contributed by atoms with E-state index in [0.717, 1.165) is 16.5 Å². The molecule has 1 fully saturated rings. The number of benzene rings is 2. The Morgan fingerprint density at radius 2 is 1.83 bits per heavy atom. The predicted octanol–water partition coefficient (Wildman–Crippen LogP) is 3.43. The molecule has 2 aromatic rings. The van der Waals surface area contributed by atoms with Crippen molar-refractivity contribution in [3.05, 3.63) is 42.5 Å². The van der Waals surface area contributed by atoms with Crippen molar-refractivity contribution in [3.8, 4) is 0 Å². The normalized spacial score (nSPS) is 18.5. The quantitative estimate of drug-likeness (QED) is 0.924. The van der Waals surface area contributed by atoms with E-state index in [1.54, 1.807) is 4.90 Å². The zero-order valence-corrected chi connectivity index (χ0v) is 13.8. The van der Waals surface area contributed by atoms with Gasteiger partial charge in [-0.2, -0.15) is 0 Å². The smallest absolute Gasteiger partial charge is 0.229 e. The molecule has 1 N–H and O–H groups in total. The molecule has 120 valence electrons. The van der Waals surface area contributed by atoms with E-state index in [2.05, 4.69) is 5.32 Å². The van der Waals surface area contributed by atoms with Gasteiger partial charge in [0.2, 0.25) is 11.8 Å². The van der Waals surface area contributed by atoms with Crippen LogP contribution in [0.15, 0.2) is 42.5 Å². The molecule has 23 heavy (non-hydrogen) atoms. The fraction of sp³-hybridized carbons (Fsp3) is 0.368. The summed E-state index contributed by atoms with van der Waals surface area (Å²) in [5, 5.41) is 5.10. The van der Waals surface area contributed by atoms with Gasteiger partial charge in [0.25, 0.3) is 0 Å². The third-order valence-electron chi connectivity index (χ3n) is 4.35. The number of likely N-dealkylation sites (tertiary alicyclic amines) is 1. The summed E-state index contributed by atoms with van der Waals surface area (Å²) in [5.74, 6) is -0.322. The Bertz CT molecular complexity index is 756. The molecule has 0 saturated carbocycles. The molecular weight excluding hydrogens is 288 g/mol. The first kappa shape index (κ1) is 15.5. The fourth-order valence-corrected chi connectivity index (χ4v) is 3.10. The second-order valence-electron chi connectivity index (χ2n) is 7.09. The van der Waals surface area contributed by atoms with Crippen LogP contribution in [-0.2, 0) is 9.59 Å². The molecule has 1 saturated heterocycles. The topological polar surface area (TPSA) is 49.4 Å². The molecule has 1 heterocycles. The SMILES string of the molecule is CC(C)(C)N1CC(C(=O)Nc2cccc3ccccc23)CC1=O. The van der Waals surface area contributed by atoms with Crippen LogP contribution in [0.1, 0.15) is 27.2 Å². The highest BCUT2D eigenvalue weighted by molar-refractivity contribution is 6.04. The summed E-state index contributed by atoms with van der Waals surface area (Å²) in [4.78, 5) is 26.5. The molecule has 0 aliphatic carbocycles. The van der Waals surface area contributed by atoms with Crippen molar-refractivity contribution >= 4 is 28.3 Å². The van der Waals surface area contributed by atoms with Crippen molar-refractivity contribution in [3.63, 3.8) is 0 Å². The van der Waals surface area contributed by atoms with E-state index in [1.165, 1.54) is 0 Å². The highest BCUT2D eigenvalue weighted by atomic mass is 16.2. The molecule has 1 aliphatic heterocycles. The van der Waals surface area contributed by atoms with E-state index >= 15 is 0 Å². The second-order valence-corrected chi connectivity index (χ2v) is 7.09. The van der Waals surface area contributed by atoms with Crippen LogP contribution >= 0.6 is 0 Å². The van der Waals surface area contributed by atoms with E-state index in [4.69, 9.17) is 0 Å². The van der Waals surface area contributed by atoms with Crippen LogP contribution in [0.5, 0.6) is 0 Å². The van der Waals surface area contributed by atoms with E-state index in [0.29, 0.717) is 6.54 Å². The Hall–Kier alpha value is -2.36. The Morgan fingerprint density at radius 1 is 1.13 bits per heavy atom. The standard InChI is InChI=1S/C19H22N2O2/c1-19(2,3)21-12-14(11-17(21)22)18(23)20-16-10-6-8-13-7-4-5-9-15(13)16/h4-10,14H,11-12H2,1-3H3,(H,20,23). The van der Waals surface area contributed by atoms with E-state index in [-0.39, 0.29) is 29.7 Å². The fourth-order valence-electron chi connectivity index (χ4n) is 3.10. The van der Waals surface area contributed by atoms with Gasteiger partial charge in [0.05, 0.1) is 5.92 Å². The molecule has 0 bridgehead atoms. The van der Waals surface area contributed by atoms with Gasteiger partial charge < -0.3 is 10.2 Å². The molecule has 0 aromatic heterocycles. The number of amides is 2. The third kappa shape index (κ3) is 3.07. The number of anilines is 1. The Kier molecular flexibility index (Phi) is 3.84. The number of nitrogens with one attached hydrogen (secondary N) is 1. The highest BCUT2D eigenvalue weighted by Crippen LogP contribution is 2.28. The summed E-state index contributed by atoms with van der Waals surface area (Å²) in [7, 11) is 0. The summed E-state index contributed by atoms with van der Waals surface area (Å²) in [6.07, 6.45) is 0.286. The van der Waals surface area contributed by atoms with Crippen LogP contribution in [0.2, 0.25) is 0 Å². The van der Waals surface area contributed by atoms with Gasteiger partial charge in [-0.25, -0.2) is 0 Å². The predicted molar refractivity (Wildman–Crippen MR) is 92.2 cm³/mol. The van der Waals surface area contributed by atoms with E-state index < -0.39 is 0 Å². The molecule has 0 radical (unpaired) electrons. The second kappa shape index (κ2) is 5.69. The lowest BCUT2D eigenvalue weighted by molar-refractivity contribution is -0.131. The van der Waals surface area contributed by atoms with Crippen LogP contribution in [0.25, 0.3) is 10.8 Å². The Balaban J connectivity index is 1.79. The van der Waals surface area contributed by atoms with Crippen molar-refractivity contribution in [2.45, 2.75) is 32.7 Å². The lowest BCUT2D eigenvalue weighted by Gasteiger charge is -2.31. The van der Waals surface area contributed by atoms with Crippen LogP contribution < -0.4 is 5.32 Å². The molecule has 2 aromatic carbocycles. The summed E-state index contributed by atoms with van der Waals surface area (Å²) < 4.78 is 0. The van der Waals surface area contributed by atoms with Gasteiger partial charge in [0.1, 0.15) is 0 Å². The maximum Gasteiger partial charge on any atom is 0.229 e. The van der Waals surface area contributed by atoms with Crippen molar-refractivity contribution in [1.29, 1.82) is 0 Å². The third-order valence-corrected chi connectivity index (χ3v) is 4.35. The number of hydrogen-bond donors (Lipinski definition) is 1. The number of carbonyl (C=O) groups is 2. The first-order valence-electron chi connectivity index (χ1n) is 7.95. The minimum absolute atomic E-state index is 0.0515. The molecule has 1 aliphatic rings. The minimum Gasteiger partial charge on any atom is -0.337 e. The van der Waals surface area contributed by atoms with Crippen LogP contribution in [0, 0.1) is 5.92 Å². The molecular formula is C19H22N2O2. The van der Waals surface area contributed by atoms with Gasteiger partial charge in [-0.05, 0) is 32.2 Å². The van der Waals surface area contributed by atoms with E-state index in [9.17, 15) is 9.59 Å². The van der Waals surface area contributed by atoms with Crippen molar-refractivity contribution in [2.75, 3.05) is 11.9 Å². The zero-order chi connectivity index (χ0) is 16.6.